The van der Waals surface area contributed by atoms with Gasteiger partial charge in [0.05, 0.1) is 39.3 Å². The molecule has 3 heterocycles. The molecule has 3 aromatic heterocycles. The topological polar surface area (TPSA) is 147 Å². The molecule has 0 unspecified atom stereocenters. The fraction of sp³-hybridized carbons (Fsp3) is 0.412. The monoisotopic (exact) mass is 749 g/mol. The summed E-state index contributed by atoms with van der Waals surface area (Å²) in [7, 11) is -2.29. The van der Waals surface area contributed by atoms with Crippen LogP contribution in [-0.2, 0) is 27.7 Å². The van der Waals surface area contributed by atoms with E-state index in [2.05, 4.69) is 9.82 Å². The number of sulfonamides is 1. The van der Waals surface area contributed by atoms with E-state index in [0.717, 1.165) is 24.5 Å². The second-order valence-corrected chi connectivity index (χ2v) is 15.1. The summed E-state index contributed by atoms with van der Waals surface area (Å²) in [5, 5.41) is 4.99. The van der Waals surface area contributed by atoms with Crippen molar-refractivity contribution < 1.29 is 30.7 Å². The Morgan fingerprint density at radius 2 is 1.78 bits per heavy atom. The number of pyridine rings is 1. The van der Waals surface area contributed by atoms with Crippen LogP contribution >= 0.6 is 11.6 Å². The molecular formula is C34H36ClF4N7O4S. The number of anilines is 1. The third-order valence-corrected chi connectivity index (χ3v) is 9.87. The number of methoxy groups -OCH3 is 1. The standard InChI is InChI=1S/C34H36ClF4N7O4S/c1-18-13-25(20-7-9-34(38,39)10-8-20)41-30-27(18)33(47)46(32(42-30)24(40)16-19-14-21(36)17-22(37)15-19)26-6-5-23(35)28-29(26)45(11-4-12-50-2)43-31(28)44-51(3,48)49/h5-6,13-15,17,20,24H,4,7-12,16,40H2,1-3H3,(H,43,44)/t24-/m0/s1. The van der Waals surface area contributed by atoms with Gasteiger partial charge in [-0.25, -0.2) is 35.9 Å². The Bertz CT molecular complexity index is 2290. The van der Waals surface area contributed by atoms with Gasteiger partial charge >= 0.3 is 0 Å². The van der Waals surface area contributed by atoms with Crippen molar-refractivity contribution in [3.8, 4) is 5.69 Å². The molecule has 1 saturated carbocycles. The summed E-state index contributed by atoms with van der Waals surface area (Å²) in [4.78, 5) is 24.2. The fourth-order valence-electron chi connectivity index (χ4n) is 6.71. The number of aromatic nitrogens is 5. The van der Waals surface area contributed by atoms with Gasteiger partial charge < -0.3 is 10.5 Å². The molecule has 2 aromatic carbocycles. The average Bonchev–Trinajstić information content (AvgIpc) is 3.38. The lowest BCUT2D eigenvalue weighted by Crippen LogP contribution is -2.31. The zero-order valence-electron chi connectivity index (χ0n) is 28.0. The first kappa shape index (κ1) is 36.7. The molecule has 0 spiro atoms. The van der Waals surface area contributed by atoms with E-state index in [9.17, 15) is 30.8 Å². The Balaban J connectivity index is 1.62. The van der Waals surface area contributed by atoms with Crippen LogP contribution in [0.4, 0.5) is 23.4 Å². The van der Waals surface area contributed by atoms with Crippen LogP contribution in [0.5, 0.6) is 0 Å². The number of halogens is 5. The summed E-state index contributed by atoms with van der Waals surface area (Å²) in [6.45, 7) is 2.27. The molecule has 51 heavy (non-hydrogen) atoms. The molecular weight excluding hydrogens is 714 g/mol. The Morgan fingerprint density at radius 1 is 1.10 bits per heavy atom. The van der Waals surface area contributed by atoms with Crippen LogP contribution in [0.15, 0.2) is 41.2 Å². The number of fused-ring (bicyclic) bond motifs is 2. The first-order valence-electron chi connectivity index (χ1n) is 16.2. The van der Waals surface area contributed by atoms with Gasteiger partial charge in [-0.3, -0.25) is 18.8 Å². The molecule has 0 aliphatic heterocycles. The number of nitrogens with zero attached hydrogens (tertiary/aromatic N) is 5. The average molecular weight is 750 g/mol. The maximum Gasteiger partial charge on any atom is 0.268 e. The molecule has 0 saturated heterocycles. The number of alkyl halides is 2. The van der Waals surface area contributed by atoms with Crippen molar-refractivity contribution in [3.63, 3.8) is 0 Å². The highest BCUT2D eigenvalue weighted by atomic mass is 35.5. The van der Waals surface area contributed by atoms with Gasteiger partial charge in [0.15, 0.2) is 11.5 Å². The van der Waals surface area contributed by atoms with E-state index < -0.39 is 39.2 Å². The van der Waals surface area contributed by atoms with Gasteiger partial charge in [0.25, 0.3) is 5.56 Å². The molecule has 6 rings (SSSR count). The number of hydrogen-bond acceptors (Lipinski definition) is 8. The minimum absolute atomic E-state index is 0.0257. The van der Waals surface area contributed by atoms with E-state index >= 15 is 0 Å². The van der Waals surface area contributed by atoms with E-state index in [4.69, 9.17) is 32.0 Å². The Morgan fingerprint density at radius 3 is 2.43 bits per heavy atom. The third-order valence-electron chi connectivity index (χ3n) is 8.99. The van der Waals surface area contributed by atoms with Crippen molar-refractivity contribution in [1.29, 1.82) is 0 Å². The van der Waals surface area contributed by atoms with E-state index in [0.29, 0.717) is 24.3 Å². The van der Waals surface area contributed by atoms with E-state index in [1.165, 1.54) is 22.4 Å². The Kier molecular flexibility index (Phi) is 10.2. The quantitative estimate of drug-likeness (QED) is 0.118. The van der Waals surface area contributed by atoms with Crippen LogP contribution in [0.1, 0.15) is 66.7 Å². The summed E-state index contributed by atoms with van der Waals surface area (Å²) >= 11 is 6.66. The molecule has 0 amide bonds. The molecule has 1 aliphatic carbocycles. The SMILES string of the molecule is COCCCn1nc(NS(C)(=O)=O)c2c(Cl)ccc(-n3c([C@@H](N)Cc4cc(F)cc(F)c4)nc4nc(C5CCC(F)(F)CC5)cc(C)c4c3=O)c21. The molecule has 1 fully saturated rings. The maximum atomic E-state index is 14.8. The second-order valence-electron chi connectivity index (χ2n) is 13.0. The van der Waals surface area contributed by atoms with Crippen LogP contribution in [0.2, 0.25) is 5.02 Å². The smallest absolute Gasteiger partial charge is 0.268 e. The highest BCUT2D eigenvalue weighted by molar-refractivity contribution is 7.92. The summed E-state index contributed by atoms with van der Waals surface area (Å²) in [6, 6.07) is 6.59. The fourth-order valence-corrected chi connectivity index (χ4v) is 7.45. The van der Waals surface area contributed by atoms with Crippen LogP contribution in [0.25, 0.3) is 27.6 Å². The van der Waals surface area contributed by atoms with Crippen LogP contribution < -0.4 is 16.0 Å². The van der Waals surface area contributed by atoms with Gasteiger partial charge in [-0.15, -0.1) is 0 Å². The van der Waals surface area contributed by atoms with Crippen molar-refractivity contribution in [2.45, 2.75) is 69.9 Å². The van der Waals surface area contributed by atoms with Crippen LogP contribution in [0, 0.1) is 18.6 Å². The van der Waals surface area contributed by atoms with Crippen molar-refractivity contribution in [2.75, 3.05) is 24.7 Å². The number of hydrogen-bond donors (Lipinski definition) is 2. The Labute approximate surface area is 295 Å². The van der Waals surface area contributed by atoms with Gasteiger partial charge in [-0.2, -0.15) is 5.10 Å². The van der Waals surface area contributed by atoms with Crippen LogP contribution in [0.3, 0.4) is 0 Å². The zero-order chi connectivity index (χ0) is 36.8. The normalized spacial score (nSPS) is 15.9. The predicted molar refractivity (Wildman–Crippen MR) is 186 cm³/mol. The lowest BCUT2D eigenvalue weighted by atomic mass is 9.84. The molecule has 1 aliphatic rings. The van der Waals surface area contributed by atoms with Crippen LogP contribution in [-0.4, -0.2) is 58.6 Å². The molecule has 5 aromatic rings. The van der Waals surface area contributed by atoms with Gasteiger partial charge in [-0.05, 0) is 74.1 Å². The number of aryl methyl sites for hydroxylation is 2. The van der Waals surface area contributed by atoms with Gasteiger partial charge in [0.1, 0.15) is 17.5 Å². The number of nitrogens with two attached hydrogens (primary N) is 1. The summed E-state index contributed by atoms with van der Waals surface area (Å²) in [5.74, 6) is -4.75. The molecule has 11 nitrogen and oxygen atoms in total. The third kappa shape index (κ3) is 7.73. The number of rotatable bonds is 11. The van der Waals surface area contributed by atoms with Gasteiger partial charge in [0, 0.05) is 50.8 Å². The Hall–Kier alpha value is -4.12. The molecule has 17 heteroatoms. The summed E-state index contributed by atoms with van der Waals surface area (Å²) in [5.41, 5.74) is 7.90. The number of benzene rings is 2. The minimum Gasteiger partial charge on any atom is -0.385 e. The zero-order valence-corrected chi connectivity index (χ0v) is 29.6. The molecule has 0 bridgehead atoms. The summed E-state index contributed by atoms with van der Waals surface area (Å²) < 4.78 is 91.5. The van der Waals surface area contributed by atoms with Crippen molar-refractivity contribution in [2.24, 2.45) is 5.73 Å². The first-order chi connectivity index (χ1) is 24.0. The lowest BCUT2D eigenvalue weighted by molar-refractivity contribution is -0.0384. The predicted octanol–water partition coefficient (Wildman–Crippen LogP) is 6.31. The molecule has 0 radical (unpaired) electrons. The maximum absolute atomic E-state index is 14.8. The second kappa shape index (κ2) is 14.1. The van der Waals surface area contributed by atoms with Gasteiger partial charge in [0.2, 0.25) is 15.9 Å². The minimum atomic E-state index is -3.82. The molecule has 1 atom stereocenters. The van der Waals surface area contributed by atoms with E-state index in [1.807, 2.05) is 0 Å². The van der Waals surface area contributed by atoms with E-state index in [-0.39, 0.29) is 94.4 Å². The highest BCUT2D eigenvalue weighted by Gasteiger charge is 2.36. The van der Waals surface area contributed by atoms with E-state index in [1.54, 1.807) is 19.1 Å². The van der Waals surface area contributed by atoms with Gasteiger partial charge in [-0.1, -0.05) is 11.6 Å². The van der Waals surface area contributed by atoms with Crippen molar-refractivity contribution in [3.05, 3.63) is 86.1 Å². The lowest BCUT2D eigenvalue weighted by Gasteiger charge is -2.28. The largest absolute Gasteiger partial charge is 0.385 e. The highest BCUT2D eigenvalue weighted by Crippen LogP contribution is 2.41. The van der Waals surface area contributed by atoms with Crippen molar-refractivity contribution in [1.82, 2.24) is 24.3 Å². The van der Waals surface area contributed by atoms with Crippen molar-refractivity contribution >= 4 is 49.4 Å². The first-order valence-corrected chi connectivity index (χ1v) is 18.5. The molecule has 3 N–H and O–H groups in total. The number of nitrogens with one attached hydrogen (secondary N) is 1. The molecule has 272 valence electrons. The summed E-state index contributed by atoms with van der Waals surface area (Å²) in [6.07, 6.45) is 1.12. The number of ether oxygens (including phenoxy) is 1.